The highest BCUT2D eigenvalue weighted by molar-refractivity contribution is 5.95. The van der Waals surface area contributed by atoms with Gasteiger partial charge >= 0.3 is 5.69 Å². The van der Waals surface area contributed by atoms with Crippen LogP contribution in [0.15, 0.2) is 27.8 Å². The number of aromatic amines is 1. The highest BCUT2D eigenvalue weighted by atomic mass is 16.5. The summed E-state index contributed by atoms with van der Waals surface area (Å²) in [4.78, 5) is 41.2. The molecule has 0 saturated carbocycles. The van der Waals surface area contributed by atoms with Gasteiger partial charge in [0, 0.05) is 19.5 Å². The van der Waals surface area contributed by atoms with Gasteiger partial charge in [-0.3, -0.25) is 19.1 Å². The number of nitrogens with two attached hydrogens (primary N) is 1. The second kappa shape index (κ2) is 10.5. The van der Waals surface area contributed by atoms with Crippen molar-refractivity contribution in [3.8, 4) is 11.5 Å². The van der Waals surface area contributed by atoms with Crippen molar-refractivity contribution in [2.45, 2.75) is 46.1 Å². The van der Waals surface area contributed by atoms with Crippen LogP contribution >= 0.6 is 0 Å². The molecule has 1 aromatic carbocycles. The third-order valence-electron chi connectivity index (χ3n) is 4.93. The van der Waals surface area contributed by atoms with Gasteiger partial charge in [0.15, 0.2) is 5.69 Å². The number of nitrogens with one attached hydrogen (secondary N) is 1. The van der Waals surface area contributed by atoms with E-state index in [0.717, 1.165) is 18.4 Å². The molecule has 0 radical (unpaired) electrons. The van der Waals surface area contributed by atoms with Gasteiger partial charge in [0.2, 0.25) is 5.91 Å². The van der Waals surface area contributed by atoms with Gasteiger partial charge in [0.1, 0.15) is 17.3 Å². The molecule has 1 aromatic heterocycles. The molecule has 0 fully saturated rings. The molecule has 1 amide bonds. The lowest BCUT2D eigenvalue weighted by Crippen LogP contribution is -2.41. The molecule has 9 nitrogen and oxygen atoms in total. The van der Waals surface area contributed by atoms with Crippen molar-refractivity contribution in [3.05, 3.63) is 44.6 Å². The molecule has 0 unspecified atom stereocenters. The average Bonchev–Trinajstić information content (AvgIpc) is 2.74. The first-order chi connectivity index (χ1) is 14.4. The number of unbranched alkanes of at least 4 members (excludes halogenated alkanes) is 1. The molecule has 2 aromatic rings. The van der Waals surface area contributed by atoms with E-state index in [1.807, 2.05) is 13.0 Å². The van der Waals surface area contributed by atoms with Crippen LogP contribution in [0.4, 0.5) is 11.5 Å². The number of nitrogens with zero attached hydrogens (tertiary/aromatic N) is 2. The van der Waals surface area contributed by atoms with Gasteiger partial charge in [0.25, 0.3) is 5.56 Å². The van der Waals surface area contributed by atoms with Crippen LogP contribution < -0.4 is 31.4 Å². The summed E-state index contributed by atoms with van der Waals surface area (Å²) in [5.74, 6) is 1.04. The molecule has 1 heterocycles. The van der Waals surface area contributed by atoms with E-state index in [0.29, 0.717) is 24.5 Å². The van der Waals surface area contributed by atoms with Crippen molar-refractivity contribution in [1.82, 2.24) is 9.55 Å². The molecule has 164 valence electrons. The third kappa shape index (κ3) is 5.03. The zero-order valence-electron chi connectivity index (χ0n) is 18.0. The maximum Gasteiger partial charge on any atom is 0.330 e. The van der Waals surface area contributed by atoms with Crippen molar-refractivity contribution >= 4 is 17.4 Å². The highest BCUT2D eigenvalue weighted by Crippen LogP contribution is 2.26. The van der Waals surface area contributed by atoms with E-state index < -0.39 is 11.2 Å². The summed E-state index contributed by atoms with van der Waals surface area (Å²) in [7, 11) is 3.13. The molecule has 0 saturated heterocycles. The summed E-state index contributed by atoms with van der Waals surface area (Å²) in [6.45, 7) is 4.36. The number of carbonyl (C=O) groups is 1. The van der Waals surface area contributed by atoms with E-state index in [4.69, 9.17) is 15.2 Å². The lowest BCUT2D eigenvalue weighted by Gasteiger charge is -2.23. The summed E-state index contributed by atoms with van der Waals surface area (Å²) in [6, 6.07) is 5.37. The van der Waals surface area contributed by atoms with Crippen LogP contribution in [-0.2, 0) is 17.8 Å². The van der Waals surface area contributed by atoms with Gasteiger partial charge in [-0.1, -0.05) is 13.3 Å². The summed E-state index contributed by atoms with van der Waals surface area (Å²) < 4.78 is 11.9. The molecule has 0 atom stereocenters. The Balaban J connectivity index is 2.31. The Morgan fingerprint density at radius 2 is 1.93 bits per heavy atom. The molecule has 2 rings (SSSR count). The average molecular weight is 418 g/mol. The number of rotatable bonds is 10. The van der Waals surface area contributed by atoms with Gasteiger partial charge in [-0.2, -0.15) is 0 Å². The van der Waals surface area contributed by atoms with Crippen LogP contribution in [0.2, 0.25) is 0 Å². The Kier molecular flexibility index (Phi) is 8.08. The number of anilines is 2. The number of hydrogen-bond acceptors (Lipinski definition) is 6. The fraction of sp³-hybridized carbons (Fsp3) is 0.476. The van der Waals surface area contributed by atoms with E-state index >= 15 is 0 Å². The lowest BCUT2D eigenvalue weighted by molar-refractivity contribution is -0.118. The second-order valence-electron chi connectivity index (χ2n) is 6.81. The largest absolute Gasteiger partial charge is 0.497 e. The Morgan fingerprint density at radius 3 is 2.53 bits per heavy atom. The molecule has 9 heteroatoms. The van der Waals surface area contributed by atoms with Crippen LogP contribution in [-0.4, -0.2) is 36.2 Å². The Labute approximate surface area is 175 Å². The predicted octanol–water partition coefficient (Wildman–Crippen LogP) is 1.92. The summed E-state index contributed by atoms with van der Waals surface area (Å²) in [5.41, 5.74) is 5.73. The molecule has 0 aliphatic carbocycles. The van der Waals surface area contributed by atoms with E-state index in [2.05, 4.69) is 4.98 Å². The number of nitrogen functional groups attached to an aromatic ring is 1. The number of hydrogen-bond donors (Lipinski definition) is 2. The first-order valence-corrected chi connectivity index (χ1v) is 10.0. The molecule has 0 bridgehead atoms. The fourth-order valence-electron chi connectivity index (χ4n) is 3.29. The maximum atomic E-state index is 13.0. The van der Waals surface area contributed by atoms with Gasteiger partial charge in [0.05, 0.1) is 14.2 Å². The number of methoxy groups -OCH3 is 2. The summed E-state index contributed by atoms with van der Waals surface area (Å²) >= 11 is 0. The third-order valence-corrected chi connectivity index (χ3v) is 4.93. The normalized spacial score (nSPS) is 10.7. The Morgan fingerprint density at radius 1 is 1.20 bits per heavy atom. The lowest BCUT2D eigenvalue weighted by atomic mass is 10.1. The van der Waals surface area contributed by atoms with Crippen LogP contribution in [0.25, 0.3) is 0 Å². The monoisotopic (exact) mass is 418 g/mol. The molecule has 30 heavy (non-hydrogen) atoms. The first kappa shape index (κ1) is 23.1. The number of amides is 1. The van der Waals surface area contributed by atoms with Crippen LogP contribution in [0.3, 0.4) is 0 Å². The minimum atomic E-state index is -0.667. The van der Waals surface area contributed by atoms with Crippen molar-refractivity contribution in [2.75, 3.05) is 31.4 Å². The van der Waals surface area contributed by atoms with Crippen LogP contribution in [0.5, 0.6) is 11.5 Å². The first-order valence-electron chi connectivity index (χ1n) is 10.0. The fourth-order valence-corrected chi connectivity index (χ4v) is 3.29. The standard InChI is InChI=1S/C21H30N4O5/c1-5-7-12-25-19(22)18(20(27)23-21(25)28)24(6-2)17(26)11-8-14-13-15(29-3)9-10-16(14)30-4/h9-10,13H,5-8,11-12,22H2,1-4H3,(H,23,27,28). The number of aromatic nitrogens is 2. The minimum absolute atomic E-state index is 0.00589. The summed E-state index contributed by atoms with van der Waals surface area (Å²) in [6.07, 6.45) is 2.11. The Hall–Kier alpha value is -3.23. The highest BCUT2D eigenvalue weighted by Gasteiger charge is 2.23. The van der Waals surface area contributed by atoms with Crippen molar-refractivity contribution < 1.29 is 14.3 Å². The molecule has 0 aliphatic heterocycles. The van der Waals surface area contributed by atoms with Gasteiger partial charge < -0.3 is 20.1 Å². The summed E-state index contributed by atoms with van der Waals surface area (Å²) in [5, 5.41) is 0. The van der Waals surface area contributed by atoms with Crippen LogP contribution in [0.1, 0.15) is 38.7 Å². The van der Waals surface area contributed by atoms with Crippen molar-refractivity contribution in [3.63, 3.8) is 0 Å². The van der Waals surface area contributed by atoms with Gasteiger partial charge in [-0.05, 0) is 43.5 Å². The molecule has 3 N–H and O–H groups in total. The number of H-pyrrole nitrogens is 1. The zero-order chi connectivity index (χ0) is 22.3. The van der Waals surface area contributed by atoms with Crippen LogP contribution in [0, 0.1) is 0 Å². The number of ether oxygens (including phenoxy) is 2. The molecule has 0 aliphatic rings. The topological polar surface area (TPSA) is 120 Å². The predicted molar refractivity (Wildman–Crippen MR) is 117 cm³/mol. The maximum absolute atomic E-state index is 13.0. The zero-order valence-corrected chi connectivity index (χ0v) is 18.0. The van der Waals surface area contributed by atoms with E-state index in [-0.39, 0.29) is 30.4 Å². The smallest absolute Gasteiger partial charge is 0.330 e. The molecular weight excluding hydrogens is 388 g/mol. The number of carbonyl (C=O) groups excluding carboxylic acids is 1. The van der Waals surface area contributed by atoms with Gasteiger partial charge in [-0.25, -0.2) is 4.79 Å². The molecule has 0 spiro atoms. The number of benzene rings is 1. The molecular formula is C21H30N4O5. The quantitative estimate of drug-likeness (QED) is 0.608. The second-order valence-corrected chi connectivity index (χ2v) is 6.81. The number of aryl methyl sites for hydroxylation is 1. The SMILES string of the molecule is CCCCn1c(N)c(N(CC)C(=O)CCc2cc(OC)ccc2OC)c(=O)[nH]c1=O. The van der Waals surface area contributed by atoms with E-state index in [9.17, 15) is 14.4 Å². The van der Waals surface area contributed by atoms with Gasteiger partial charge in [-0.15, -0.1) is 0 Å². The minimum Gasteiger partial charge on any atom is -0.497 e. The van der Waals surface area contributed by atoms with E-state index in [1.165, 1.54) is 9.47 Å². The van der Waals surface area contributed by atoms with Crippen molar-refractivity contribution in [1.29, 1.82) is 0 Å². The van der Waals surface area contributed by atoms with Crippen molar-refractivity contribution in [2.24, 2.45) is 0 Å². The van der Waals surface area contributed by atoms with E-state index in [1.54, 1.807) is 33.3 Å². The Bertz CT molecular complexity index is 996.